The Bertz CT molecular complexity index is 170. The van der Waals surface area contributed by atoms with E-state index in [0.717, 1.165) is 19.3 Å². The minimum absolute atomic E-state index is 0.0125. The lowest BCUT2D eigenvalue weighted by molar-refractivity contribution is -0.122. The number of hydrogen-bond acceptors (Lipinski definition) is 2. The molecule has 1 aliphatic rings. The summed E-state index contributed by atoms with van der Waals surface area (Å²) in [4.78, 5) is 11.2. The predicted octanol–water partition coefficient (Wildman–Crippen LogP) is 0.638. The van der Waals surface area contributed by atoms with Crippen LogP contribution in [0.25, 0.3) is 0 Å². The lowest BCUT2D eigenvalue weighted by Gasteiger charge is -2.08. The van der Waals surface area contributed by atoms with E-state index in [0.29, 0.717) is 12.0 Å². The first kappa shape index (κ1) is 9.52. The van der Waals surface area contributed by atoms with Crippen LogP contribution in [0.3, 0.4) is 0 Å². The Morgan fingerprint density at radius 2 is 2.33 bits per heavy atom. The van der Waals surface area contributed by atoms with Crippen LogP contribution in [0.1, 0.15) is 33.1 Å². The zero-order chi connectivity index (χ0) is 9.14. The molecule has 12 heavy (non-hydrogen) atoms. The summed E-state index contributed by atoms with van der Waals surface area (Å²) in [5.74, 6) is 0.719. The molecule has 1 fully saturated rings. The van der Waals surface area contributed by atoms with E-state index in [9.17, 15) is 4.79 Å². The van der Waals surface area contributed by atoms with Crippen LogP contribution in [0.5, 0.6) is 0 Å². The normalized spacial score (nSPS) is 29.6. The highest BCUT2D eigenvalue weighted by Gasteiger charge is 2.36. The van der Waals surface area contributed by atoms with Gasteiger partial charge in [0, 0.05) is 6.04 Å². The van der Waals surface area contributed by atoms with Crippen molar-refractivity contribution in [3.63, 3.8) is 0 Å². The monoisotopic (exact) mass is 170 g/mol. The lowest BCUT2D eigenvalue weighted by Crippen LogP contribution is -2.41. The summed E-state index contributed by atoms with van der Waals surface area (Å²) in [7, 11) is 0. The maximum Gasteiger partial charge on any atom is 0.237 e. The number of rotatable bonds is 4. The Labute approximate surface area is 73.7 Å². The van der Waals surface area contributed by atoms with E-state index >= 15 is 0 Å². The highest BCUT2D eigenvalue weighted by Crippen LogP contribution is 2.32. The van der Waals surface area contributed by atoms with E-state index in [4.69, 9.17) is 5.73 Å². The van der Waals surface area contributed by atoms with E-state index in [2.05, 4.69) is 12.2 Å². The Hall–Kier alpha value is -0.570. The van der Waals surface area contributed by atoms with E-state index in [1.54, 1.807) is 0 Å². The van der Waals surface area contributed by atoms with Crippen molar-refractivity contribution in [2.75, 3.05) is 0 Å². The van der Waals surface area contributed by atoms with Crippen molar-refractivity contribution in [3.8, 4) is 0 Å². The van der Waals surface area contributed by atoms with Gasteiger partial charge in [0.25, 0.3) is 0 Å². The van der Waals surface area contributed by atoms with Crippen LogP contribution in [0, 0.1) is 5.92 Å². The van der Waals surface area contributed by atoms with E-state index < -0.39 is 0 Å². The van der Waals surface area contributed by atoms with Gasteiger partial charge in [-0.15, -0.1) is 0 Å². The van der Waals surface area contributed by atoms with Gasteiger partial charge in [-0.05, 0) is 18.8 Å². The third-order valence-electron chi connectivity index (χ3n) is 2.55. The molecule has 0 spiro atoms. The van der Waals surface area contributed by atoms with Gasteiger partial charge in [0.2, 0.25) is 5.91 Å². The minimum atomic E-state index is -0.317. The Morgan fingerprint density at radius 3 is 2.75 bits per heavy atom. The zero-order valence-corrected chi connectivity index (χ0v) is 7.84. The average molecular weight is 170 g/mol. The van der Waals surface area contributed by atoms with Crippen molar-refractivity contribution in [3.05, 3.63) is 0 Å². The summed E-state index contributed by atoms with van der Waals surface area (Å²) in [6, 6.07) is 0.100. The SMILES string of the molecule is CCC(N)C(=O)NC1CC1CC. The molecule has 0 aromatic rings. The van der Waals surface area contributed by atoms with Crippen molar-refractivity contribution >= 4 is 5.91 Å². The van der Waals surface area contributed by atoms with Crippen molar-refractivity contribution < 1.29 is 4.79 Å². The molecule has 0 aromatic carbocycles. The summed E-state index contributed by atoms with van der Waals surface area (Å²) in [6.45, 7) is 4.07. The van der Waals surface area contributed by atoms with Crippen LogP contribution in [0.15, 0.2) is 0 Å². The number of hydrogen-bond donors (Lipinski definition) is 2. The van der Waals surface area contributed by atoms with Crippen molar-refractivity contribution in [2.45, 2.75) is 45.2 Å². The fourth-order valence-electron chi connectivity index (χ4n) is 1.35. The van der Waals surface area contributed by atoms with Gasteiger partial charge < -0.3 is 11.1 Å². The molecule has 3 N–H and O–H groups in total. The summed E-state index contributed by atoms with van der Waals surface area (Å²) in [6.07, 6.45) is 3.01. The molecular weight excluding hydrogens is 152 g/mol. The molecule has 0 aromatic heterocycles. The van der Waals surface area contributed by atoms with Gasteiger partial charge in [-0.3, -0.25) is 4.79 Å². The zero-order valence-electron chi connectivity index (χ0n) is 7.84. The second-order valence-electron chi connectivity index (χ2n) is 3.53. The Morgan fingerprint density at radius 1 is 1.67 bits per heavy atom. The number of carbonyl (C=O) groups excluding carboxylic acids is 1. The molecule has 0 aliphatic heterocycles. The molecule has 70 valence electrons. The molecule has 3 nitrogen and oxygen atoms in total. The molecule has 0 radical (unpaired) electrons. The topological polar surface area (TPSA) is 55.1 Å². The van der Waals surface area contributed by atoms with Gasteiger partial charge in [-0.1, -0.05) is 20.3 Å². The van der Waals surface area contributed by atoms with Crippen LogP contribution in [-0.2, 0) is 4.79 Å². The summed E-state index contributed by atoms with van der Waals surface area (Å²) in [5.41, 5.74) is 5.57. The summed E-state index contributed by atoms with van der Waals surface area (Å²) < 4.78 is 0. The second kappa shape index (κ2) is 3.90. The molecule has 1 saturated carbocycles. The van der Waals surface area contributed by atoms with Crippen LogP contribution >= 0.6 is 0 Å². The molecule has 0 saturated heterocycles. The first-order chi connectivity index (χ1) is 5.69. The average Bonchev–Trinajstić information content (AvgIpc) is 2.81. The van der Waals surface area contributed by atoms with Crippen molar-refractivity contribution in [1.29, 1.82) is 0 Å². The van der Waals surface area contributed by atoms with Crippen molar-refractivity contribution in [1.82, 2.24) is 5.32 Å². The van der Waals surface area contributed by atoms with Gasteiger partial charge in [0.1, 0.15) is 0 Å². The molecule has 3 unspecified atom stereocenters. The third-order valence-corrected chi connectivity index (χ3v) is 2.55. The number of nitrogens with one attached hydrogen (secondary N) is 1. The van der Waals surface area contributed by atoms with Gasteiger partial charge in [0.15, 0.2) is 0 Å². The van der Waals surface area contributed by atoms with E-state index in [1.807, 2.05) is 6.92 Å². The molecular formula is C9H18N2O. The first-order valence-corrected chi connectivity index (χ1v) is 4.75. The number of nitrogens with two attached hydrogens (primary N) is 1. The quantitative estimate of drug-likeness (QED) is 0.650. The molecule has 3 atom stereocenters. The largest absolute Gasteiger partial charge is 0.352 e. The van der Waals surface area contributed by atoms with E-state index in [1.165, 1.54) is 0 Å². The fourth-order valence-corrected chi connectivity index (χ4v) is 1.35. The lowest BCUT2D eigenvalue weighted by atomic mass is 10.2. The molecule has 0 heterocycles. The number of carbonyl (C=O) groups is 1. The maximum atomic E-state index is 11.2. The smallest absolute Gasteiger partial charge is 0.237 e. The maximum absolute atomic E-state index is 11.2. The van der Waals surface area contributed by atoms with Crippen LogP contribution in [0.2, 0.25) is 0 Å². The van der Waals surface area contributed by atoms with Gasteiger partial charge >= 0.3 is 0 Å². The van der Waals surface area contributed by atoms with Crippen LogP contribution in [0.4, 0.5) is 0 Å². The molecule has 1 amide bonds. The van der Waals surface area contributed by atoms with E-state index in [-0.39, 0.29) is 11.9 Å². The molecule has 3 heteroatoms. The summed E-state index contributed by atoms with van der Waals surface area (Å²) in [5, 5.41) is 2.94. The van der Waals surface area contributed by atoms with Gasteiger partial charge in [-0.2, -0.15) is 0 Å². The second-order valence-corrected chi connectivity index (χ2v) is 3.53. The molecule has 1 rings (SSSR count). The molecule has 1 aliphatic carbocycles. The first-order valence-electron chi connectivity index (χ1n) is 4.75. The predicted molar refractivity (Wildman–Crippen MR) is 48.6 cm³/mol. The van der Waals surface area contributed by atoms with Gasteiger partial charge in [0.05, 0.1) is 6.04 Å². The Balaban J connectivity index is 2.20. The number of amides is 1. The third kappa shape index (κ3) is 2.21. The van der Waals surface area contributed by atoms with Crippen molar-refractivity contribution in [2.24, 2.45) is 11.7 Å². The fraction of sp³-hybridized carbons (Fsp3) is 0.889. The van der Waals surface area contributed by atoms with Gasteiger partial charge in [-0.25, -0.2) is 0 Å². The molecule has 0 bridgehead atoms. The summed E-state index contributed by atoms with van der Waals surface area (Å²) >= 11 is 0. The van der Waals surface area contributed by atoms with Crippen LogP contribution < -0.4 is 11.1 Å². The highest BCUT2D eigenvalue weighted by molar-refractivity contribution is 5.81. The highest BCUT2D eigenvalue weighted by atomic mass is 16.2. The standard InChI is InChI=1S/C9H18N2O/c1-3-6-5-8(6)11-9(12)7(10)4-2/h6-8H,3-5,10H2,1-2H3,(H,11,12). The minimum Gasteiger partial charge on any atom is -0.352 e. The van der Waals surface area contributed by atoms with Crippen LogP contribution in [-0.4, -0.2) is 18.0 Å². The Kier molecular flexibility index (Phi) is 3.09.